The molecule has 0 bridgehead atoms. The molecule has 8 nitrogen and oxygen atoms in total. The van der Waals surface area contributed by atoms with Gasteiger partial charge in [-0.25, -0.2) is 4.98 Å². The Hall–Kier alpha value is -3.54. The molecule has 3 heterocycles. The molecule has 35 heavy (non-hydrogen) atoms. The molecule has 0 amide bonds. The molecule has 0 unspecified atom stereocenters. The van der Waals surface area contributed by atoms with E-state index >= 15 is 0 Å². The predicted molar refractivity (Wildman–Crippen MR) is 136 cm³/mol. The molecule has 8 heteroatoms. The fourth-order valence-corrected chi connectivity index (χ4v) is 4.79. The van der Waals surface area contributed by atoms with Gasteiger partial charge in [0.1, 0.15) is 5.82 Å². The van der Waals surface area contributed by atoms with E-state index < -0.39 is 0 Å². The van der Waals surface area contributed by atoms with Gasteiger partial charge >= 0.3 is 0 Å². The van der Waals surface area contributed by atoms with Crippen molar-refractivity contribution in [2.45, 2.75) is 57.2 Å². The van der Waals surface area contributed by atoms with Gasteiger partial charge < -0.3 is 15.7 Å². The van der Waals surface area contributed by atoms with E-state index in [9.17, 15) is 5.11 Å². The van der Waals surface area contributed by atoms with Gasteiger partial charge in [0, 0.05) is 30.7 Å². The average Bonchev–Trinajstić information content (AvgIpc) is 3.40. The lowest BCUT2D eigenvalue weighted by Gasteiger charge is -2.27. The summed E-state index contributed by atoms with van der Waals surface area (Å²) in [5.41, 5.74) is 4.32. The van der Waals surface area contributed by atoms with Crippen molar-refractivity contribution in [3.8, 4) is 17.3 Å². The van der Waals surface area contributed by atoms with Crippen LogP contribution in [-0.4, -0.2) is 50.2 Å². The maximum Gasteiger partial charge on any atom is 0.229 e. The van der Waals surface area contributed by atoms with E-state index in [2.05, 4.69) is 32.7 Å². The van der Waals surface area contributed by atoms with E-state index in [4.69, 9.17) is 15.2 Å². The standard InChI is InChI=1S/C27H31N7O/c28-15-19-3-6-22(7-4-19)32-27-30-17-24(26(33-27)31-21-8-10-23(35)11-9-21)25-12-5-20(16-29-25)18-34-13-1-2-14-34/h3-7,12,16-17,21,23,35H,1-2,8-11,13-14,18H2,(H2,30,31,32,33). The van der Waals surface area contributed by atoms with E-state index in [1.54, 1.807) is 12.1 Å². The number of hydrogen-bond donors (Lipinski definition) is 3. The molecular weight excluding hydrogens is 438 g/mol. The van der Waals surface area contributed by atoms with Gasteiger partial charge in [-0.1, -0.05) is 6.07 Å². The van der Waals surface area contributed by atoms with Crippen LogP contribution >= 0.6 is 0 Å². The smallest absolute Gasteiger partial charge is 0.229 e. The summed E-state index contributed by atoms with van der Waals surface area (Å²) in [6.45, 7) is 3.26. The van der Waals surface area contributed by atoms with Crippen molar-refractivity contribution in [1.29, 1.82) is 5.26 Å². The third-order valence-corrected chi connectivity index (χ3v) is 6.80. The van der Waals surface area contributed by atoms with Crippen LogP contribution in [-0.2, 0) is 6.54 Å². The number of hydrogen-bond acceptors (Lipinski definition) is 8. The van der Waals surface area contributed by atoms with Crippen LogP contribution in [0.15, 0.2) is 48.8 Å². The minimum Gasteiger partial charge on any atom is -0.393 e. The third-order valence-electron chi connectivity index (χ3n) is 6.80. The van der Waals surface area contributed by atoms with Crippen molar-refractivity contribution >= 4 is 17.5 Å². The monoisotopic (exact) mass is 469 g/mol. The molecular formula is C27H31N7O. The minimum absolute atomic E-state index is 0.212. The maximum atomic E-state index is 9.90. The average molecular weight is 470 g/mol. The molecule has 2 aromatic heterocycles. The second kappa shape index (κ2) is 10.8. The van der Waals surface area contributed by atoms with Crippen LogP contribution in [0.1, 0.15) is 49.7 Å². The van der Waals surface area contributed by atoms with Crippen LogP contribution in [0.4, 0.5) is 17.5 Å². The zero-order valence-corrected chi connectivity index (χ0v) is 19.8. The number of anilines is 3. The molecule has 0 atom stereocenters. The van der Waals surface area contributed by atoms with Crippen LogP contribution in [0.2, 0.25) is 0 Å². The number of likely N-dealkylation sites (tertiary alicyclic amines) is 1. The third kappa shape index (κ3) is 5.94. The number of nitrogens with one attached hydrogen (secondary N) is 2. The van der Waals surface area contributed by atoms with Gasteiger partial charge in [0.05, 0.1) is 29.0 Å². The molecule has 180 valence electrons. The fourth-order valence-electron chi connectivity index (χ4n) is 4.79. The zero-order valence-electron chi connectivity index (χ0n) is 19.8. The Balaban J connectivity index is 1.38. The summed E-state index contributed by atoms with van der Waals surface area (Å²) < 4.78 is 0. The Morgan fingerprint density at radius 3 is 2.43 bits per heavy atom. The highest BCUT2D eigenvalue weighted by atomic mass is 16.3. The summed E-state index contributed by atoms with van der Waals surface area (Å²) in [5, 5.41) is 25.8. The summed E-state index contributed by atoms with van der Waals surface area (Å²) in [5.74, 6) is 1.21. The molecule has 3 aromatic rings. The number of pyridine rings is 1. The molecule has 5 rings (SSSR count). The van der Waals surface area contributed by atoms with Crippen LogP contribution in [0.25, 0.3) is 11.3 Å². The lowest BCUT2D eigenvalue weighted by atomic mass is 9.93. The molecule has 1 aliphatic carbocycles. The quantitative estimate of drug-likeness (QED) is 0.465. The van der Waals surface area contributed by atoms with E-state index in [1.807, 2.05) is 30.6 Å². The maximum absolute atomic E-state index is 9.90. The molecule has 0 spiro atoms. The first-order valence-electron chi connectivity index (χ1n) is 12.4. The Bertz CT molecular complexity index is 1160. The van der Waals surface area contributed by atoms with Gasteiger partial charge in [0.2, 0.25) is 5.95 Å². The van der Waals surface area contributed by atoms with Gasteiger partial charge in [-0.05, 0) is 87.5 Å². The minimum atomic E-state index is -0.212. The molecule has 0 radical (unpaired) electrons. The molecule has 3 N–H and O–H groups in total. The summed E-state index contributed by atoms with van der Waals surface area (Å²) in [7, 11) is 0. The van der Waals surface area contributed by atoms with Crippen molar-refractivity contribution in [2.24, 2.45) is 0 Å². The summed E-state index contributed by atoms with van der Waals surface area (Å²) in [4.78, 5) is 16.6. The van der Waals surface area contributed by atoms with Crippen LogP contribution < -0.4 is 10.6 Å². The van der Waals surface area contributed by atoms with Crippen LogP contribution in [0.3, 0.4) is 0 Å². The highest BCUT2D eigenvalue weighted by Crippen LogP contribution is 2.30. The van der Waals surface area contributed by atoms with E-state index in [0.29, 0.717) is 11.5 Å². The Morgan fingerprint density at radius 2 is 1.74 bits per heavy atom. The SMILES string of the molecule is N#Cc1ccc(Nc2ncc(-c3ccc(CN4CCCC4)cn3)c(NC3CCC(O)CC3)n2)cc1. The normalized spacial score (nSPS) is 20.3. The van der Waals surface area contributed by atoms with Crippen LogP contribution in [0, 0.1) is 11.3 Å². The molecule has 1 saturated carbocycles. The second-order valence-electron chi connectivity index (χ2n) is 9.45. The predicted octanol–water partition coefficient (Wildman–Crippen LogP) is 4.47. The van der Waals surface area contributed by atoms with Crippen LogP contribution in [0.5, 0.6) is 0 Å². The van der Waals surface area contributed by atoms with Crippen molar-refractivity contribution in [1.82, 2.24) is 19.9 Å². The van der Waals surface area contributed by atoms with Crippen molar-refractivity contribution in [2.75, 3.05) is 23.7 Å². The Kier molecular flexibility index (Phi) is 7.17. The highest BCUT2D eigenvalue weighted by molar-refractivity contribution is 5.73. The first-order valence-corrected chi connectivity index (χ1v) is 12.4. The number of nitriles is 1. The molecule has 1 saturated heterocycles. The molecule has 2 fully saturated rings. The van der Waals surface area contributed by atoms with E-state index in [0.717, 1.165) is 68.1 Å². The number of aliphatic hydroxyl groups excluding tert-OH is 1. The van der Waals surface area contributed by atoms with Crippen molar-refractivity contribution in [3.63, 3.8) is 0 Å². The zero-order chi connectivity index (χ0) is 24.0. The first kappa shape index (κ1) is 23.2. The van der Waals surface area contributed by atoms with E-state index in [1.165, 1.54) is 18.4 Å². The Morgan fingerprint density at radius 1 is 0.971 bits per heavy atom. The molecule has 1 aliphatic heterocycles. The topological polar surface area (TPSA) is 110 Å². The van der Waals surface area contributed by atoms with Gasteiger partial charge in [0.25, 0.3) is 0 Å². The van der Waals surface area contributed by atoms with Gasteiger partial charge in [0.15, 0.2) is 0 Å². The largest absolute Gasteiger partial charge is 0.393 e. The summed E-state index contributed by atoms with van der Waals surface area (Å²) >= 11 is 0. The number of aromatic nitrogens is 3. The van der Waals surface area contributed by atoms with E-state index in [-0.39, 0.29) is 12.1 Å². The van der Waals surface area contributed by atoms with Gasteiger partial charge in [-0.3, -0.25) is 9.88 Å². The number of aliphatic hydroxyl groups is 1. The molecule has 1 aromatic carbocycles. The first-order chi connectivity index (χ1) is 17.2. The van der Waals surface area contributed by atoms with Gasteiger partial charge in [-0.15, -0.1) is 0 Å². The lowest BCUT2D eigenvalue weighted by Crippen LogP contribution is -2.29. The summed E-state index contributed by atoms with van der Waals surface area (Å²) in [6.07, 6.45) is 9.47. The summed E-state index contributed by atoms with van der Waals surface area (Å²) in [6, 6.07) is 13.8. The number of benzene rings is 1. The molecule has 2 aliphatic rings. The second-order valence-corrected chi connectivity index (χ2v) is 9.45. The highest BCUT2D eigenvalue weighted by Gasteiger charge is 2.22. The fraction of sp³-hybridized carbons (Fsp3) is 0.407. The van der Waals surface area contributed by atoms with Crippen molar-refractivity contribution in [3.05, 3.63) is 59.9 Å². The number of rotatable bonds is 7. The van der Waals surface area contributed by atoms with Gasteiger partial charge in [-0.2, -0.15) is 10.2 Å². The van der Waals surface area contributed by atoms with Crippen molar-refractivity contribution < 1.29 is 5.11 Å². The Labute approximate surface area is 206 Å². The number of nitrogens with zero attached hydrogens (tertiary/aromatic N) is 5. The lowest BCUT2D eigenvalue weighted by molar-refractivity contribution is 0.126.